The molecule has 2 aliphatic rings. The highest BCUT2D eigenvalue weighted by molar-refractivity contribution is 5.61. The van der Waals surface area contributed by atoms with Crippen LogP contribution < -0.4 is 4.90 Å². The molecule has 2 aliphatic heterocycles. The van der Waals surface area contributed by atoms with Gasteiger partial charge in [0.15, 0.2) is 0 Å². The van der Waals surface area contributed by atoms with Crippen molar-refractivity contribution in [1.82, 2.24) is 9.88 Å². The molecule has 0 N–H and O–H groups in total. The molecule has 2 atom stereocenters. The molecule has 2 unspecified atom stereocenters. The maximum Gasteiger partial charge on any atom is 0.314 e. The topological polar surface area (TPSA) is 71.7 Å². The van der Waals surface area contributed by atoms with Gasteiger partial charge in [0.2, 0.25) is 5.82 Å². The van der Waals surface area contributed by atoms with Crippen molar-refractivity contribution in [3.05, 3.63) is 27.9 Å². The summed E-state index contributed by atoms with van der Waals surface area (Å²) in [4.78, 5) is 20.0. The van der Waals surface area contributed by atoms with E-state index in [2.05, 4.69) is 28.6 Å². The lowest BCUT2D eigenvalue weighted by atomic mass is 9.93. The number of anilines is 1. The van der Waals surface area contributed by atoms with Gasteiger partial charge in [-0.15, -0.1) is 0 Å². The van der Waals surface area contributed by atoms with Crippen LogP contribution in [0.25, 0.3) is 0 Å². The van der Waals surface area contributed by atoms with Crippen LogP contribution in [0.4, 0.5) is 11.5 Å². The highest BCUT2D eigenvalue weighted by atomic mass is 16.6. The summed E-state index contributed by atoms with van der Waals surface area (Å²) in [6.07, 6.45) is 5.63. The molecule has 3 rings (SSSR count). The van der Waals surface area contributed by atoms with E-state index in [0.29, 0.717) is 29.5 Å². The molecular formula is C19H30N4O3. The van der Waals surface area contributed by atoms with E-state index in [4.69, 9.17) is 4.74 Å². The van der Waals surface area contributed by atoms with Crippen molar-refractivity contribution in [3.63, 3.8) is 0 Å². The number of pyridine rings is 1. The summed E-state index contributed by atoms with van der Waals surface area (Å²) in [6.45, 7) is 10.9. The Morgan fingerprint density at radius 2 is 1.92 bits per heavy atom. The Hall–Kier alpha value is -1.73. The van der Waals surface area contributed by atoms with Crippen molar-refractivity contribution in [2.75, 3.05) is 37.6 Å². The lowest BCUT2D eigenvalue weighted by Gasteiger charge is -2.37. The van der Waals surface area contributed by atoms with E-state index in [1.54, 1.807) is 19.2 Å². The minimum absolute atomic E-state index is 0.155. The molecule has 0 bridgehead atoms. The Morgan fingerprint density at radius 1 is 1.27 bits per heavy atom. The number of hydrogen-bond donors (Lipinski definition) is 0. The highest BCUT2D eigenvalue weighted by Crippen LogP contribution is 2.32. The van der Waals surface area contributed by atoms with Crippen LogP contribution in [-0.2, 0) is 4.74 Å². The standard InChI is InChI=1S/C19H30N4O3/c1-14-4-8-20-19(18(14)23(24)25)22-10-6-17(7-11-22)5-9-21-12-15(2)26-16(3)13-21/h4,8,15-17H,5-7,9-13H2,1-3H3. The summed E-state index contributed by atoms with van der Waals surface area (Å²) >= 11 is 0. The Labute approximate surface area is 155 Å². The first-order valence-electron chi connectivity index (χ1n) is 9.66. The number of nitro groups is 1. The SMILES string of the molecule is Cc1ccnc(N2CCC(CCN3CC(C)OC(C)C3)CC2)c1[N+](=O)[O-]. The van der Waals surface area contributed by atoms with Crippen LogP contribution in [-0.4, -0.2) is 59.7 Å². The third-order valence-corrected chi connectivity index (χ3v) is 5.55. The van der Waals surface area contributed by atoms with Gasteiger partial charge < -0.3 is 9.64 Å². The monoisotopic (exact) mass is 362 g/mol. The van der Waals surface area contributed by atoms with Gasteiger partial charge in [-0.2, -0.15) is 0 Å². The summed E-state index contributed by atoms with van der Waals surface area (Å²) in [5.74, 6) is 1.22. The lowest BCUT2D eigenvalue weighted by molar-refractivity contribution is -0.384. The summed E-state index contributed by atoms with van der Waals surface area (Å²) in [5.41, 5.74) is 0.833. The van der Waals surface area contributed by atoms with Crippen LogP contribution in [0, 0.1) is 23.0 Å². The molecule has 0 radical (unpaired) electrons. The third kappa shape index (κ3) is 4.51. The van der Waals surface area contributed by atoms with E-state index >= 15 is 0 Å². The summed E-state index contributed by atoms with van der Waals surface area (Å²) in [5, 5.41) is 11.4. The van der Waals surface area contributed by atoms with E-state index in [0.717, 1.165) is 45.6 Å². The fourth-order valence-corrected chi connectivity index (χ4v) is 4.26. The molecular weight excluding hydrogens is 332 g/mol. The predicted octanol–water partition coefficient (Wildman–Crippen LogP) is 3.01. The van der Waals surface area contributed by atoms with Crippen molar-refractivity contribution in [2.45, 2.75) is 52.2 Å². The first-order chi connectivity index (χ1) is 12.4. The summed E-state index contributed by atoms with van der Waals surface area (Å²) < 4.78 is 5.80. The van der Waals surface area contributed by atoms with Crippen molar-refractivity contribution >= 4 is 11.5 Å². The molecule has 0 aliphatic carbocycles. The quantitative estimate of drug-likeness (QED) is 0.592. The van der Waals surface area contributed by atoms with Gasteiger partial charge in [0.25, 0.3) is 0 Å². The lowest BCUT2D eigenvalue weighted by Crippen LogP contribution is -2.46. The van der Waals surface area contributed by atoms with Crippen LogP contribution in [0.3, 0.4) is 0 Å². The second-order valence-corrected chi connectivity index (χ2v) is 7.79. The van der Waals surface area contributed by atoms with Gasteiger partial charge in [-0.1, -0.05) is 0 Å². The molecule has 3 heterocycles. The molecule has 26 heavy (non-hydrogen) atoms. The maximum atomic E-state index is 11.4. The Balaban J connectivity index is 1.52. The first kappa shape index (κ1) is 19.0. The van der Waals surface area contributed by atoms with Gasteiger partial charge in [0.05, 0.1) is 17.1 Å². The van der Waals surface area contributed by atoms with Crippen molar-refractivity contribution in [2.24, 2.45) is 5.92 Å². The minimum Gasteiger partial charge on any atom is -0.373 e. The Kier molecular flexibility index (Phi) is 6.09. The summed E-state index contributed by atoms with van der Waals surface area (Å²) in [6, 6.07) is 1.71. The van der Waals surface area contributed by atoms with Crippen LogP contribution in [0.15, 0.2) is 12.3 Å². The minimum atomic E-state index is -0.301. The van der Waals surface area contributed by atoms with E-state index < -0.39 is 0 Å². The zero-order chi connectivity index (χ0) is 18.7. The van der Waals surface area contributed by atoms with Crippen LogP contribution in [0.1, 0.15) is 38.7 Å². The first-order valence-corrected chi connectivity index (χ1v) is 9.66. The van der Waals surface area contributed by atoms with Crippen molar-refractivity contribution < 1.29 is 9.66 Å². The van der Waals surface area contributed by atoms with Gasteiger partial charge in [-0.05, 0) is 58.6 Å². The van der Waals surface area contributed by atoms with Gasteiger partial charge in [-0.3, -0.25) is 15.0 Å². The van der Waals surface area contributed by atoms with Crippen molar-refractivity contribution in [3.8, 4) is 0 Å². The molecule has 2 fully saturated rings. The molecule has 0 amide bonds. The number of aryl methyl sites for hydroxylation is 1. The molecule has 7 heteroatoms. The average molecular weight is 362 g/mol. The van der Waals surface area contributed by atoms with Crippen LogP contribution in [0.2, 0.25) is 0 Å². The van der Waals surface area contributed by atoms with E-state index in [9.17, 15) is 10.1 Å². The molecule has 2 saturated heterocycles. The largest absolute Gasteiger partial charge is 0.373 e. The number of piperidine rings is 1. The number of rotatable bonds is 5. The van der Waals surface area contributed by atoms with E-state index in [1.807, 2.05) is 0 Å². The average Bonchev–Trinajstić information content (AvgIpc) is 2.59. The number of ether oxygens (including phenoxy) is 1. The van der Waals surface area contributed by atoms with Gasteiger partial charge in [0.1, 0.15) is 0 Å². The van der Waals surface area contributed by atoms with Crippen LogP contribution in [0.5, 0.6) is 0 Å². The fourth-order valence-electron chi connectivity index (χ4n) is 4.26. The number of nitrogens with zero attached hydrogens (tertiary/aromatic N) is 4. The molecule has 7 nitrogen and oxygen atoms in total. The van der Waals surface area contributed by atoms with Crippen LogP contribution >= 0.6 is 0 Å². The predicted molar refractivity (Wildman–Crippen MR) is 102 cm³/mol. The second-order valence-electron chi connectivity index (χ2n) is 7.79. The van der Waals surface area contributed by atoms with Gasteiger partial charge in [-0.25, -0.2) is 4.98 Å². The van der Waals surface area contributed by atoms with Gasteiger partial charge in [0, 0.05) is 37.9 Å². The third-order valence-electron chi connectivity index (χ3n) is 5.55. The second kappa shape index (κ2) is 8.31. The van der Waals surface area contributed by atoms with Crippen molar-refractivity contribution in [1.29, 1.82) is 0 Å². The summed E-state index contributed by atoms with van der Waals surface area (Å²) in [7, 11) is 0. The number of hydrogen-bond acceptors (Lipinski definition) is 6. The molecule has 0 aromatic carbocycles. The normalized spacial score (nSPS) is 25.4. The van der Waals surface area contributed by atoms with Gasteiger partial charge >= 0.3 is 5.69 Å². The Bertz CT molecular complexity index is 621. The zero-order valence-electron chi connectivity index (χ0n) is 16.1. The van der Waals surface area contributed by atoms with E-state index in [1.165, 1.54) is 6.42 Å². The molecule has 0 spiro atoms. The highest BCUT2D eigenvalue weighted by Gasteiger charge is 2.28. The molecule has 1 aromatic rings. The number of aromatic nitrogens is 1. The van der Waals surface area contributed by atoms with E-state index in [-0.39, 0.29) is 10.6 Å². The fraction of sp³-hybridized carbons (Fsp3) is 0.737. The zero-order valence-corrected chi connectivity index (χ0v) is 16.1. The number of morpholine rings is 1. The molecule has 1 aromatic heterocycles. The molecule has 144 valence electrons. The molecule has 0 saturated carbocycles. The smallest absolute Gasteiger partial charge is 0.314 e. The Morgan fingerprint density at radius 3 is 2.54 bits per heavy atom. The maximum absolute atomic E-state index is 11.4.